The van der Waals surface area contributed by atoms with Crippen LogP contribution < -0.4 is 10.1 Å². The SMILES string of the molecule is COc1ccc2nc(NCC(Cc3ccccc3)N=C=S)sc2c1. The number of benzene rings is 2. The molecule has 0 amide bonds. The zero-order chi connectivity index (χ0) is 16.8. The lowest BCUT2D eigenvalue weighted by atomic mass is 10.1. The summed E-state index contributed by atoms with van der Waals surface area (Å²) in [7, 11) is 1.67. The standard InChI is InChI=1S/C18H17N3OS2/c1-22-15-7-8-16-17(10-15)24-18(21-16)19-11-14(20-12-23)9-13-5-3-2-4-6-13/h2-8,10,14H,9,11H2,1H3,(H,19,21). The predicted octanol–water partition coefficient (Wildman–Crippen LogP) is 4.43. The maximum atomic E-state index is 5.25. The Hall–Kier alpha value is -2.27. The lowest BCUT2D eigenvalue weighted by Crippen LogP contribution is -2.20. The van der Waals surface area contributed by atoms with E-state index in [9.17, 15) is 0 Å². The highest BCUT2D eigenvalue weighted by molar-refractivity contribution is 7.78. The molecule has 0 radical (unpaired) electrons. The average molecular weight is 355 g/mol. The first-order valence-electron chi connectivity index (χ1n) is 7.58. The minimum atomic E-state index is 0.0337. The van der Waals surface area contributed by atoms with Crippen molar-refractivity contribution in [1.29, 1.82) is 0 Å². The van der Waals surface area contributed by atoms with Crippen molar-refractivity contribution < 1.29 is 4.74 Å². The number of methoxy groups -OCH3 is 1. The number of anilines is 1. The Bertz CT molecular complexity index is 857. The van der Waals surface area contributed by atoms with Gasteiger partial charge in [0.1, 0.15) is 5.75 Å². The summed E-state index contributed by atoms with van der Waals surface area (Å²) in [5.74, 6) is 0.838. The maximum absolute atomic E-state index is 5.25. The summed E-state index contributed by atoms with van der Waals surface area (Å²) >= 11 is 6.39. The summed E-state index contributed by atoms with van der Waals surface area (Å²) in [6.45, 7) is 0.662. The van der Waals surface area contributed by atoms with Crippen LogP contribution in [0.5, 0.6) is 5.75 Å². The number of ether oxygens (including phenoxy) is 1. The molecular weight excluding hydrogens is 338 g/mol. The molecule has 24 heavy (non-hydrogen) atoms. The summed E-state index contributed by atoms with van der Waals surface area (Å²) in [5.41, 5.74) is 2.19. The van der Waals surface area contributed by atoms with E-state index in [4.69, 9.17) is 17.0 Å². The Balaban J connectivity index is 1.69. The molecule has 0 aliphatic carbocycles. The van der Waals surface area contributed by atoms with Gasteiger partial charge in [-0.15, -0.1) is 0 Å². The molecule has 122 valence electrons. The van der Waals surface area contributed by atoms with Crippen LogP contribution in [0.15, 0.2) is 53.5 Å². The van der Waals surface area contributed by atoms with Gasteiger partial charge in [0, 0.05) is 6.54 Å². The predicted molar refractivity (Wildman–Crippen MR) is 104 cm³/mol. The van der Waals surface area contributed by atoms with Crippen LogP contribution in [0, 0.1) is 0 Å². The molecule has 3 rings (SSSR count). The molecule has 2 aromatic carbocycles. The Kier molecular flexibility index (Phi) is 5.54. The molecule has 1 atom stereocenters. The van der Waals surface area contributed by atoms with Gasteiger partial charge in [-0.1, -0.05) is 41.7 Å². The second-order valence-corrected chi connectivity index (χ2v) is 6.51. The van der Waals surface area contributed by atoms with Gasteiger partial charge in [0.15, 0.2) is 5.13 Å². The zero-order valence-corrected chi connectivity index (χ0v) is 14.9. The Labute approximate surface area is 150 Å². The third-order valence-electron chi connectivity index (χ3n) is 3.63. The van der Waals surface area contributed by atoms with Crippen molar-refractivity contribution in [3.63, 3.8) is 0 Å². The van der Waals surface area contributed by atoms with E-state index in [-0.39, 0.29) is 6.04 Å². The van der Waals surface area contributed by atoms with Gasteiger partial charge in [0.2, 0.25) is 0 Å². The molecule has 0 aliphatic rings. The summed E-state index contributed by atoms with van der Waals surface area (Å²) in [4.78, 5) is 8.87. The van der Waals surface area contributed by atoms with Crippen LogP contribution in [0.25, 0.3) is 10.2 Å². The van der Waals surface area contributed by atoms with Crippen LogP contribution in [0.4, 0.5) is 5.13 Å². The van der Waals surface area contributed by atoms with Gasteiger partial charge in [-0.05, 0) is 42.4 Å². The van der Waals surface area contributed by atoms with Crippen molar-refractivity contribution in [2.45, 2.75) is 12.5 Å². The number of thiocarbonyl (C=S) groups is 1. The Morgan fingerprint density at radius 2 is 2.12 bits per heavy atom. The second kappa shape index (κ2) is 8.02. The number of aromatic nitrogens is 1. The lowest BCUT2D eigenvalue weighted by molar-refractivity contribution is 0.415. The topological polar surface area (TPSA) is 46.5 Å². The maximum Gasteiger partial charge on any atom is 0.183 e. The van der Waals surface area contributed by atoms with E-state index in [1.54, 1.807) is 18.4 Å². The number of nitrogens with zero attached hydrogens (tertiary/aromatic N) is 2. The van der Waals surface area contributed by atoms with E-state index in [1.807, 2.05) is 36.4 Å². The Morgan fingerprint density at radius 1 is 1.29 bits per heavy atom. The van der Waals surface area contributed by atoms with E-state index < -0.39 is 0 Å². The van der Waals surface area contributed by atoms with Crippen LogP contribution in [0.1, 0.15) is 5.56 Å². The number of hydrogen-bond donors (Lipinski definition) is 1. The van der Waals surface area contributed by atoms with Crippen LogP contribution in [-0.4, -0.2) is 29.8 Å². The van der Waals surface area contributed by atoms with Gasteiger partial charge in [0.05, 0.1) is 28.5 Å². The highest BCUT2D eigenvalue weighted by atomic mass is 32.1. The van der Waals surface area contributed by atoms with Gasteiger partial charge in [-0.2, -0.15) is 0 Å². The largest absolute Gasteiger partial charge is 0.497 e. The van der Waals surface area contributed by atoms with Crippen molar-refractivity contribution in [3.05, 3.63) is 54.1 Å². The third kappa shape index (κ3) is 4.17. The van der Waals surface area contributed by atoms with Gasteiger partial charge in [0.25, 0.3) is 0 Å². The van der Waals surface area contributed by atoms with E-state index >= 15 is 0 Å². The second-order valence-electron chi connectivity index (χ2n) is 5.30. The normalized spacial score (nSPS) is 11.7. The summed E-state index contributed by atoms with van der Waals surface area (Å²) in [6.07, 6.45) is 0.816. The molecule has 4 nitrogen and oxygen atoms in total. The highest BCUT2D eigenvalue weighted by Gasteiger charge is 2.10. The van der Waals surface area contributed by atoms with Crippen LogP contribution in [0.2, 0.25) is 0 Å². The molecule has 1 N–H and O–H groups in total. The molecule has 0 saturated carbocycles. The highest BCUT2D eigenvalue weighted by Crippen LogP contribution is 2.29. The fourth-order valence-electron chi connectivity index (χ4n) is 2.44. The molecule has 1 heterocycles. The fourth-order valence-corrected chi connectivity index (χ4v) is 3.49. The number of isothiocyanates is 1. The monoisotopic (exact) mass is 355 g/mol. The average Bonchev–Trinajstić information content (AvgIpc) is 3.02. The quantitative estimate of drug-likeness (QED) is 0.503. The number of rotatable bonds is 7. The molecule has 1 unspecified atom stereocenters. The van der Waals surface area contributed by atoms with Crippen molar-refractivity contribution in [2.24, 2.45) is 4.99 Å². The van der Waals surface area contributed by atoms with E-state index in [0.29, 0.717) is 6.54 Å². The molecule has 0 spiro atoms. The van der Waals surface area contributed by atoms with Gasteiger partial charge >= 0.3 is 0 Å². The van der Waals surface area contributed by atoms with E-state index in [2.05, 4.69) is 32.6 Å². The molecule has 6 heteroatoms. The number of aliphatic imine (C=N–C) groups is 1. The number of hydrogen-bond acceptors (Lipinski definition) is 6. The molecular formula is C18H17N3OS2. The minimum absolute atomic E-state index is 0.0337. The first-order chi connectivity index (χ1) is 11.8. The summed E-state index contributed by atoms with van der Waals surface area (Å²) < 4.78 is 6.34. The molecule has 3 aromatic rings. The van der Waals surface area contributed by atoms with Crippen molar-refractivity contribution in [1.82, 2.24) is 4.98 Å². The smallest absolute Gasteiger partial charge is 0.183 e. The molecule has 0 saturated heterocycles. The molecule has 0 fully saturated rings. The van der Waals surface area contributed by atoms with Gasteiger partial charge in [-0.25, -0.2) is 9.98 Å². The van der Waals surface area contributed by atoms with Gasteiger partial charge in [-0.3, -0.25) is 0 Å². The van der Waals surface area contributed by atoms with Crippen molar-refractivity contribution in [3.8, 4) is 5.75 Å². The van der Waals surface area contributed by atoms with Gasteiger partial charge < -0.3 is 10.1 Å². The van der Waals surface area contributed by atoms with Crippen molar-refractivity contribution in [2.75, 3.05) is 19.0 Å². The lowest BCUT2D eigenvalue weighted by Gasteiger charge is -2.11. The molecule has 1 aromatic heterocycles. The Morgan fingerprint density at radius 3 is 2.88 bits per heavy atom. The molecule has 0 aliphatic heterocycles. The van der Waals surface area contributed by atoms with E-state index in [0.717, 1.165) is 27.5 Å². The molecule has 0 bridgehead atoms. The fraction of sp³-hybridized carbons (Fsp3) is 0.222. The zero-order valence-electron chi connectivity index (χ0n) is 13.2. The number of thiazole rings is 1. The summed E-state index contributed by atoms with van der Waals surface area (Å²) in [6, 6.07) is 16.2. The van der Waals surface area contributed by atoms with Crippen LogP contribution >= 0.6 is 23.6 Å². The third-order valence-corrected chi connectivity index (χ3v) is 4.72. The van der Waals surface area contributed by atoms with Crippen LogP contribution in [-0.2, 0) is 6.42 Å². The van der Waals surface area contributed by atoms with E-state index in [1.165, 1.54) is 5.56 Å². The first-order valence-corrected chi connectivity index (χ1v) is 8.80. The number of fused-ring (bicyclic) bond motifs is 1. The van der Waals surface area contributed by atoms with Crippen molar-refractivity contribution >= 4 is 44.1 Å². The number of nitrogens with one attached hydrogen (secondary N) is 1. The first kappa shape index (κ1) is 16.6. The minimum Gasteiger partial charge on any atom is -0.497 e. The summed E-state index contributed by atoms with van der Waals surface area (Å²) in [5, 5.41) is 6.74. The van der Waals surface area contributed by atoms with Crippen LogP contribution in [0.3, 0.4) is 0 Å².